The number of hydrogen-bond acceptors (Lipinski definition) is 3. The Hall–Kier alpha value is -0.995. The first-order valence-electron chi connectivity index (χ1n) is 5.86. The highest BCUT2D eigenvalue weighted by Crippen LogP contribution is 2.37. The second-order valence-electron chi connectivity index (χ2n) is 5.33. The van der Waals surface area contributed by atoms with Crippen LogP contribution in [0.4, 0.5) is 0 Å². The molecule has 0 spiro atoms. The molecule has 0 bridgehead atoms. The summed E-state index contributed by atoms with van der Waals surface area (Å²) in [5.41, 5.74) is 0.297. The molecule has 17 heavy (non-hydrogen) atoms. The van der Waals surface area contributed by atoms with Crippen LogP contribution in [-0.2, 0) is 9.31 Å². The summed E-state index contributed by atoms with van der Waals surface area (Å²) in [7, 11) is 1.29. The fourth-order valence-corrected chi connectivity index (χ4v) is 1.83. The van der Waals surface area contributed by atoms with Crippen LogP contribution in [0.1, 0.15) is 27.7 Å². The van der Waals surface area contributed by atoms with Crippen molar-refractivity contribution in [2.75, 3.05) is 7.11 Å². The fraction of sp³-hybridized carbons (Fsp3) is 0.538. The minimum absolute atomic E-state index is 0.321. The van der Waals surface area contributed by atoms with E-state index in [1.54, 1.807) is 7.11 Å². The monoisotopic (exact) mass is 234 g/mol. The van der Waals surface area contributed by atoms with Gasteiger partial charge in [-0.1, -0.05) is 18.2 Å². The van der Waals surface area contributed by atoms with Crippen LogP contribution in [0.5, 0.6) is 5.75 Å². The van der Waals surface area contributed by atoms with Crippen molar-refractivity contribution in [1.29, 1.82) is 0 Å². The summed E-state index contributed by atoms with van der Waals surface area (Å²) in [5.74, 6) is 0.797. The predicted octanol–water partition coefficient (Wildman–Crippen LogP) is 1.99. The summed E-state index contributed by atoms with van der Waals surface area (Å²) >= 11 is 0. The molecule has 2 rings (SSSR count). The summed E-state index contributed by atoms with van der Waals surface area (Å²) in [5, 5.41) is 0. The van der Waals surface area contributed by atoms with Gasteiger partial charge in [-0.25, -0.2) is 0 Å². The molecule has 3 nitrogen and oxygen atoms in total. The molecule has 0 saturated carbocycles. The smallest absolute Gasteiger partial charge is 0.497 e. The molecule has 1 aliphatic rings. The van der Waals surface area contributed by atoms with Gasteiger partial charge in [0.2, 0.25) is 0 Å². The Morgan fingerprint density at radius 1 is 1.00 bits per heavy atom. The summed E-state index contributed by atoms with van der Waals surface area (Å²) in [4.78, 5) is 0. The van der Waals surface area contributed by atoms with E-state index in [0.29, 0.717) is 0 Å². The van der Waals surface area contributed by atoms with Crippen LogP contribution >= 0.6 is 0 Å². The minimum Gasteiger partial charge on any atom is -0.497 e. The van der Waals surface area contributed by atoms with E-state index in [9.17, 15) is 0 Å². The van der Waals surface area contributed by atoms with Gasteiger partial charge in [0.15, 0.2) is 0 Å². The quantitative estimate of drug-likeness (QED) is 0.732. The molecule has 0 amide bonds. The second kappa shape index (κ2) is 4.04. The van der Waals surface area contributed by atoms with Gasteiger partial charge in [-0.2, -0.15) is 0 Å². The van der Waals surface area contributed by atoms with Gasteiger partial charge in [-0.15, -0.1) is 0 Å². The van der Waals surface area contributed by atoms with Crippen LogP contribution in [0.3, 0.4) is 0 Å². The van der Waals surface area contributed by atoms with E-state index in [4.69, 9.17) is 14.0 Å². The molecule has 0 atom stereocenters. The van der Waals surface area contributed by atoms with Crippen LogP contribution in [0.2, 0.25) is 0 Å². The molecular weight excluding hydrogens is 215 g/mol. The van der Waals surface area contributed by atoms with Crippen LogP contribution in [0.15, 0.2) is 24.3 Å². The van der Waals surface area contributed by atoms with Gasteiger partial charge in [0.1, 0.15) is 5.75 Å². The number of rotatable bonds is 2. The van der Waals surface area contributed by atoms with Crippen molar-refractivity contribution < 1.29 is 14.0 Å². The predicted molar refractivity (Wildman–Crippen MR) is 68.7 cm³/mol. The van der Waals surface area contributed by atoms with Gasteiger partial charge in [-0.05, 0) is 33.8 Å². The van der Waals surface area contributed by atoms with Crippen LogP contribution in [-0.4, -0.2) is 25.4 Å². The molecule has 1 aliphatic heterocycles. The molecule has 0 N–H and O–H groups in total. The van der Waals surface area contributed by atoms with Crippen LogP contribution in [0, 0.1) is 0 Å². The van der Waals surface area contributed by atoms with E-state index in [0.717, 1.165) is 11.2 Å². The van der Waals surface area contributed by atoms with Gasteiger partial charge in [0.25, 0.3) is 0 Å². The Morgan fingerprint density at radius 2 is 1.53 bits per heavy atom. The van der Waals surface area contributed by atoms with Crippen molar-refractivity contribution in [1.82, 2.24) is 0 Å². The number of ether oxygens (including phenoxy) is 1. The molecule has 1 saturated heterocycles. The van der Waals surface area contributed by atoms with Crippen molar-refractivity contribution in [2.45, 2.75) is 38.9 Å². The van der Waals surface area contributed by atoms with Crippen molar-refractivity contribution >= 4 is 12.6 Å². The van der Waals surface area contributed by atoms with E-state index in [-0.39, 0.29) is 18.3 Å². The lowest BCUT2D eigenvalue weighted by atomic mass is 9.78. The number of benzene rings is 1. The maximum atomic E-state index is 5.99. The van der Waals surface area contributed by atoms with Gasteiger partial charge in [-0.3, -0.25) is 0 Å². The number of methoxy groups -OCH3 is 1. The average Bonchev–Trinajstić information content (AvgIpc) is 2.48. The molecule has 0 aliphatic carbocycles. The lowest BCUT2D eigenvalue weighted by Gasteiger charge is -2.32. The lowest BCUT2D eigenvalue weighted by molar-refractivity contribution is 0.00578. The summed E-state index contributed by atoms with van der Waals surface area (Å²) in [6.45, 7) is 8.18. The van der Waals surface area contributed by atoms with E-state index in [1.165, 1.54) is 0 Å². The fourth-order valence-electron chi connectivity index (χ4n) is 1.83. The Morgan fingerprint density at radius 3 is 2.06 bits per heavy atom. The summed E-state index contributed by atoms with van der Waals surface area (Å²) in [6, 6.07) is 7.79. The largest absolute Gasteiger partial charge is 0.498 e. The van der Waals surface area contributed by atoms with E-state index in [1.807, 2.05) is 52.0 Å². The molecular formula is C13H19BO3. The first-order valence-corrected chi connectivity index (χ1v) is 5.86. The zero-order chi connectivity index (χ0) is 12.7. The van der Waals surface area contributed by atoms with E-state index >= 15 is 0 Å². The minimum atomic E-state index is -0.365. The van der Waals surface area contributed by atoms with Gasteiger partial charge in [0.05, 0.1) is 18.3 Å². The van der Waals surface area contributed by atoms with Crippen LogP contribution in [0.25, 0.3) is 0 Å². The zero-order valence-electron chi connectivity index (χ0n) is 11.1. The molecule has 1 heterocycles. The van der Waals surface area contributed by atoms with Crippen molar-refractivity contribution in [3.63, 3.8) is 0 Å². The topological polar surface area (TPSA) is 27.7 Å². The average molecular weight is 234 g/mol. The Balaban J connectivity index is 2.32. The highest BCUT2D eigenvalue weighted by molar-refractivity contribution is 6.63. The van der Waals surface area contributed by atoms with Crippen molar-refractivity contribution in [3.8, 4) is 5.75 Å². The molecule has 1 aromatic carbocycles. The second-order valence-corrected chi connectivity index (χ2v) is 5.33. The summed E-state index contributed by atoms with van der Waals surface area (Å²) in [6.07, 6.45) is 0. The zero-order valence-corrected chi connectivity index (χ0v) is 11.1. The normalized spacial score (nSPS) is 21.6. The Labute approximate surface area is 103 Å². The lowest BCUT2D eigenvalue weighted by Crippen LogP contribution is -2.41. The summed E-state index contributed by atoms with van der Waals surface area (Å²) < 4.78 is 17.3. The van der Waals surface area contributed by atoms with Gasteiger partial charge < -0.3 is 14.0 Å². The van der Waals surface area contributed by atoms with Crippen molar-refractivity contribution in [3.05, 3.63) is 24.3 Å². The molecule has 0 aromatic heterocycles. The highest BCUT2D eigenvalue weighted by atomic mass is 16.7. The standard InChI is InChI=1S/C13H19BO3/c1-12(2)13(3,4)17-14(16-12)10-8-6-7-9-11(10)15-5/h6-9H,1-5H3. The first kappa shape index (κ1) is 12.5. The maximum absolute atomic E-state index is 5.99. The third-order valence-electron chi connectivity index (χ3n) is 3.65. The molecule has 0 radical (unpaired) electrons. The Kier molecular flexibility index (Phi) is 2.96. The van der Waals surface area contributed by atoms with Gasteiger partial charge >= 0.3 is 7.12 Å². The third kappa shape index (κ3) is 2.07. The van der Waals surface area contributed by atoms with Crippen molar-refractivity contribution in [2.24, 2.45) is 0 Å². The van der Waals surface area contributed by atoms with Gasteiger partial charge in [0, 0.05) is 5.46 Å². The Bertz CT molecular complexity index is 399. The first-order chi connectivity index (χ1) is 7.87. The third-order valence-corrected chi connectivity index (χ3v) is 3.65. The molecule has 92 valence electrons. The molecule has 1 aromatic rings. The molecule has 4 heteroatoms. The van der Waals surface area contributed by atoms with E-state index < -0.39 is 0 Å². The van der Waals surface area contributed by atoms with E-state index in [2.05, 4.69) is 0 Å². The SMILES string of the molecule is COc1ccccc1B1OC(C)(C)C(C)(C)O1. The molecule has 1 fully saturated rings. The maximum Gasteiger partial charge on any atom is 0.498 e. The van der Waals surface area contributed by atoms with Crippen LogP contribution < -0.4 is 10.2 Å². The molecule has 0 unspecified atom stereocenters. The number of hydrogen-bond donors (Lipinski definition) is 0. The number of para-hydroxylation sites is 1. The highest BCUT2D eigenvalue weighted by Gasteiger charge is 2.52.